The van der Waals surface area contributed by atoms with E-state index in [1.165, 1.54) is 24.1 Å². The number of sulfonamides is 1. The third-order valence-corrected chi connectivity index (χ3v) is 8.45. The van der Waals surface area contributed by atoms with Crippen LogP contribution in [0.5, 0.6) is 5.75 Å². The maximum absolute atomic E-state index is 14.0. The number of carbonyl (C=O) groups excluding carboxylic acids is 2. The standard InChI is InChI=1S/C30H36ClN3O5S/c1-5-18-32-30(36)28(6-2)33(20-23-9-7-8-22(3)19-23)29(35)21-34(25-12-10-24(31)11-13-25)40(37,38)27-16-14-26(39-4)15-17-27/h7-17,19,28H,5-6,18,20-21H2,1-4H3,(H,32,36)/t28-/m1/s1. The molecule has 1 atom stereocenters. The molecule has 0 heterocycles. The highest BCUT2D eigenvalue weighted by molar-refractivity contribution is 7.92. The van der Waals surface area contributed by atoms with Gasteiger partial charge in [0.25, 0.3) is 10.0 Å². The fourth-order valence-electron chi connectivity index (χ4n) is 4.30. The average Bonchev–Trinajstić information content (AvgIpc) is 2.95. The molecular weight excluding hydrogens is 550 g/mol. The lowest BCUT2D eigenvalue weighted by Gasteiger charge is -2.33. The van der Waals surface area contributed by atoms with E-state index >= 15 is 0 Å². The summed E-state index contributed by atoms with van der Waals surface area (Å²) in [7, 11) is -2.69. The predicted octanol–water partition coefficient (Wildman–Crippen LogP) is 5.19. The molecule has 0 aliphatic rings. The molecule has 3 rings (SSSR count). The minimum Gasteiger partial charge on any atom is -0.497 e. The van der Waals surface area contributed by atoms with Gasteiger partial charge >= 0.3 is 0 Å². The van der Waals surface area contributed by atoms with Crippen LogP contribution in [0.1, 0.15) is 37.8 Å². The number of carbonyl (C=O) groups is 2. The Labute approximate surface area is 241 Å². The molecule has 40 heavy (non-hydrogen) atoms. The summed E-state index contributed by atoms with van der Waals surface area (Å²) in [6.07, 6.45) is 1.11. The van der Waals surface area contributed by atoms with E-state index in [2.05, 4.69) is 5.32 Å². The number of benzene rings is 3. The van der Waals surface area contributed by atoms with Crippen LogP contribution in [-0.4, -0.2) is 51.4 Å². The van der Waals surface area contributed by atoms with Crippen molar-refractivity contribution in [3.05, 3.63) is 88.9 Å². The summed E-state index contributed by atoms with van der Waals surface area (Å²) in [6, 6.07) is 19.1. The number of hydrogen-bond acceptors (Lipinski definition) is 5. The Hall–Kier alpha value is -3.56. The number of methoxy groups -OCH3 is 1. The van der Waals surface area contributed by atoms with Gasteiger partial charge in [-0.1, -0.05) is 55.3 Å². The zero-order valence-corrected chi connectivity index (χ0v) is 24.8. The van der Waals surface area contributed by atoms with E-state index in [4.69, 9.17) is 16.3 Å². The Balaban J connectivity index is 2.04. The topological polar surface area (TPSA) is 96.0 Å². The quantitative estimate of drug-likeness (QED) is 0.298. The van der Waals surface area contributed by atoms with Crippen LogP contribution < -0.4 is 14.4 Å². The van der Waals surface area contributed by atoms with Gasteiger partial charge in [0.2, 0.25) is 11.8 Å². The van der Waals surface area contributed by atoms with E-state index in [0.717, 1.165) is 21.9 Å². The molecule has 8 nitrogen and oxygen atoms in total. The second-order valence-corrected chi connectivity index (χ2v) is 11.7. The lowest BCUT2D eigenvalue weighted by atomic mass is 10.1. The molecule has 0 spiro atoms. The number of aryl methyl sites for hydroxylation is 1. The van der Waals surface area contributed by atoms with Crippen LogP contribution in [0.4, 0.5) is 5.69 Å². The van der Waals surface area contributed by atoms with Crippen molar-refractivity contribution < 1.29 is 22.7 Å². The van der Waals surface area contributed by atoms with Gasteiger partial charge in [-0.15, -0.1) is 0 Å². The molecule has 0 fully saturated rings. The highest BCUT2D eigenvalue weighted by Gasteiger charge is 2.33. The molecule has 3 aromatic carbocycles. The van der Waals surface area contributed by atoms with Crippen LogP contribution in [0.3, 0.4) is 0 Å². The van der Waals surface area contributed by atoms with Gasteiger partial charge in [0.15, 0.2) is 0 Å². The Bertz CT molecular complexity index is 1400. The van der Waals surface area contributed by atoms with E-state index < -0.39 is 28.5 Å². The molecule has 0 saturated carbocycles. The van der Waals surface area contributed by atoms with Crippen LogP contribution in [0.25, 0.3) is 0 Å². The van der Waals surface area contributed by atoms with Gasteiger partial charge in [0.05, 0.1) is 17.7 Å². The minimum atomic E-state index is -4.18. The van der Waals surface area contributed by atoms with Gasteiger partial charge in [-0.25, -0.2) is 8.42 Å². The third kappa shape index (κ3) is 7.76. The largest absolute Gasteiger partial charge is 0.497 e. The fraction of sp³-hybridized carbons (Fsp3) is 0.333. The molecule has 2 amide bonds. The molecule has 0 radical (unpaired) electrons. The molecule has 3 aromatic rings. The van der Waals surface area contributed by atoms with Crippen LogP contribution >= 0.6 is 11.6 Å². The lowest BCUT2D eigenvalue weighted by molar-refractivity contribution is -0.140. The maximum atomic E-state index is 14.0. The molecule has 0 aliphatic carbocycles. The van der Waals surface area contributed by atoms with Crippen molar-refractivity contribution in [3.63, 3.8) is 0 Å². The summed E-state index contributed by atoms with van der Waals surface area (Å²) in [5, 5.41) is 3.31. The minimum absolute atomic E-state index is 0.00554. The second kappa shape index (κ2) is 14.2. The number of anilines is 1. The van der Waals surface area contributed by atoms with Crippen molar-refractivity contribution in [2.45, 2.75) is 51.1 Å². The summed E-state index contributed by atoms with van der Waals surface area (Å²) in [4.78, 5) is 28.6. The molecular formula is C30H36ClN3O5S. The SMILES string of the molecule is CCCNC(=O)[C@@H](CC)N(Cc1cccc(C)c1)C(=O)CN(c1ccc(Cl)cc1)S(=O)(=O)c1ccc(OC)cc1. The van der Waals surface area contributed by atoms with E-state index in [1.807, 2.05) is 45.0 Å². The molecule has 214 valence electrons. The first-order chi connectivity index (χ1) is 19.1. The van der Waals surface area contributed by atoms with Crippen LogP contribution in [0.15, 0.2) is 77.7 Å². The molecule has 10 heteroatoms. The molecule has 0 saturated heterocycles. The number of nitrogens with one attached hydrogen (secondary N) is 1. The molecule has 0 aromatic heterocycles. The van der Waals surface area contributed by atoms with Gasteiger partial charge < -0.3 is 15.0 Å². The van der Waals surface area contributed by atoms with Crippen LogP contribution in [0.2, 0.25) is 5.02 Å². The van der Waals surface area contributed by atoms with Crippen molar-refractivity contribution >= 4 is 39.1 Å². The highest BCUT2D eigenvalue weighted by atomic mass is 35.5. The summed E-state index contributed by atoms with van der Waals surface area (Å²) in [6.45, 7) is 5.84. The van der Waals surface area contributed by atoms with Crippen molar-refractivity contribution in [3.8, 4) is 5.75 Å². The number of amides is 2. The normalized spacial score (nSPS) is 11.9. The number of ether oxygens (including phenoxy) is 1. The smallest absolute Gasteiger partial charge is 0.264 e. The van der Waals surface area contributed by atoms with Crippen molar-refractivity contribution in [2.24, 2.45) is 0 Å². The van der Waals surface area contributed by atoms with Gasteiger partial charge in [0.1, 0.15) is 18.3 Å². The zero-order chi connectivity index (χ0) is 29.3. The van der Waals surface area contributed by atoms with Gasteiger partial charge in [0, 0.05) is 18.1 Å². The van der Waals surface area contributed by atoms with E-state index in [1.54, 1.807) is 36.4 Å². The molecule has 0 aliphatic heterocycles. The first-order valence-corrected chi connectivity index (χ1v) is 15.0. The number of rotatable bonds is 13. The van der Waals surface area contributed by atoms with Crippen molar-refractivity contribution in [1.29, 1.82) is 0 Å². The molecule has 0 bridgehead atoms. The number of halogens is 1. The Morgan fingerprint density at radius 2 is 1.68 bits per heavy atom. The Morgan fingerprint density at radius 1 is 1.00 bits per heavy atom. The first-order valence-electron chi connectivity index (χ1n) is 13.2. The highest BCUT2D eigenvalue weighted by Crippen LogP contribution is 2.27. The Kier molecular flexibility index (Phi) is 11.0. The first kappa shape index (κ1) is 31.0. The number of nitrogens with zero attached hydrogens (tertiary/aromatic N) is 2. The van der Waals surface area contributed by atoms with Crippen molar-refractivity contribution in [1.82, 2.24) is 10.2 Å². The zero-order valence-electron chi connectivity index (χ0n) is 23.3. The molecule has 1 N–H and O–H groups in total. The van der Waals surface area contributed by atoms with Crippen LogP contribution in [-0.2, 0) is 26.2 Å². The summed E-state index contributed by atoms with van der Waals surface area (Å²) in [5.74, 6) is -0.283. The average molecular weight is 586 g/mol. The van der Waals surface area contributed by atoms with Gasteiger partial charge in [-0.3, -0.25) is 13.9 Å². The van der Waals surface area contributed by atoms with Crippen LogP contribution in [0, 0.1) is 6.92 Å². The van der Waals surface area contributed by atoms with Gasteiger partial charge in [-0.2, -0.15) is 0 Å². The van der Waals surface area contributed by atoms with Crippen molar-refractivity contribution in [2.75, 3.05) is 24.5 Å². The number of hydrogen-bond donors (Lipinski definition) is 1. The predicted molar refractivity (Wildman–Crippen MR) is 158 cm³/mol. The third-order valence-electron chi connectivity index (χ3n) is 6.41. The second-order valence-electron chi connectivity index (χ2n) is 9.39. The maximum Gasteiger partial charge on any atom is 0.264 e. The van der Waals surface area contributed by atoms with Gasteiger partial charge in [-0.05, 0) is 73.9 Å². The monoisotopic (exact) mass is 585 g/mol. The van der Waals surface area contributed by atoms with E-state index in [-0.39, 0.29) is 23.0 Å². The van der Waals surface area contributed by atoms with E-state index in [0.29, 0.717) is 23.7 Å². The lowest BCUT2D eigenvalue weighted by Crippen LogP contribution is -2.52. The summed E-state index contributed by atoms with van der Waals surface area (Å²) in [5.41, 5.74) is 2.12. The summed E-state index contributed by atoms with van der Waals surface area (Å²) < 4.78 is 34.0. The summed E-state index contributed by atoms with van der Waals surface area (Å²) >= 11 is 6.08. The Morgan fingerprint density at radius 3 is 2.25 bits per heavy atom. The van der Waals surface area contributed by atoms with E-state index in [9.17, 15) is 18.0 Å². The molecule has 0 unspecified atom stereocenters. The fourth-order valence-corrected chi connectivity index (χ4v) is 5.84.